The fraction of sp³-hybridized carbons (Fsp3) is 0.571. The lowest BCUT2D eigenvalue weighted by Crippen LogP contribution is -2.46. The number of carbonyl (C=O) groups is 1. The molecule has 1 aromatic carbocycles. The van der Waals surface area contributed by atoms with Crippen LogP contribution in [0, 0.1) is 0 Å². The second-order valence-electron chi connectivity index (χ2n) is 7.30. The second-order valence-corrected chi connectivity index (χ2v) is 7.30. The average Bonchev–Trinajstić information content (AvgIpc) is 2.75. The Labute approximate surface area is 170 Å². The lowest BCUT2D eigenvalue weighted by Gasteiger charge is -2.27. The van der Waals surface area contributed by atoms with Gasteiger partial charge in [0.2, 0.25) is 5.91 Å². The van der Waals surface area contributed by atoms with Crippen LogP contribution in [0.4, 0.5) is 0 Å². The maximum atomic E-state index is 13.1. The topological polar surface area (TPSA) is 85.6 Å². The number of ether oxygens (including phenoxy) is 1. The van der Waals surface area contributed by atoms with E-state index in [9.17, 15) is 14.4 Å². The normalized spacial score (nSPS) is 16.1. The largest absolute Gasteiger partial charge is 0.379 e. The van der Waals surface area contributed by atoms with E-state index in [2.05, 4.69) is 10.2 Å². The number of aromatic nitrogens is 2. The Bertz CT molecular complexity index is 959. The molecule has 2 aromatic rings. The third-order valence-corrected chi connectivity index (χ3v) is 5.36. The van der Waals surface area contributed by atoms with Crippen LogP contribution in [0.1, 0.15) is 32.7 Å². The van der Waals surface area contributed by atoms with Gasteiger partial charge in [-0.3, -0.25) is 23.6 Å². The quantitative estimate of drug-likeness (QED) is 0.711. The van der Waals surface area contributed by atoms with Gasteiger partial charge in [0.1, 0.15) is 6.04 Å². The zero-order valence-corrected chi connectivity index (χ0v) is 17.2. The number of benzene rings is 1. The first-order chi connectivity index (χ1) is 14.1. The third-order valence-electron chi connectivity index (χ3n) is 5.36. The molecule has 1 N–H and O–H groups in total. The number of nitrogens with zero attached hydrogens (tertiary/aromatic N) is 3. The lowest BCUT2D eigenvalue weighted by atomic mass is 10.1. The summed E-state index contributed by atoms with van der Waals surface area (Å²) in [4.78, 5) is 41.1. The number of para-hydroxylation sites is 1. The van der Waals surface area contributed by atoms with E-state index in [1.165, 1.54) is 9.13 Å². The summed E-state index contributed by atoms with van der Waals surface area (Å²) in [6.45, 7) is 8.53. The van der Waals surface area contributed by atoms with Crippen LogP contribution in [0.2, 0.25) is 0 Å². The molecule has 0 radical (unpaired) electrons. The minimum absolute atomic E-state index is 0.199. The van der Waals surface area contributed by atoms with Gasteiger partial charge in [0.15, 0.2) is 0 Å². The number of fused-ring (bicyclic) bond motifs is 1. The first-order valence-electron chi connectivity index (χ1n) is 10.4. The molecule has 3 rings (SSSR count). The lowest BCUT2D eigenvalue weighted by molar-refractivity contribution is -0.124. The fourth-order valence-electron chi connectivity index (χ4n) is 3.82. The van der Waals surface area contributed by atoms with Gasteiger partial charge in [-0.1, -0.05) is 26.0 Å². The van der Waals surface area contributed by atoms with Crippen molar-refractivity contribution in [2.75, 3.05) is 39.4 Å². The molecule has 1 amide bonds. The number of carbonyl (C=O) groups excluding carboxylic acids is 1. The first-order valence-corrected chi connectivity index (χ1v) is 10.4. The molecule has 1 aliphatic heterocycles. The molecule has 0 saturated carbocycles. The van der Waals surface area contributed by atoms with Crippen LogP contribution in [0.5, 0.6) is 0 Å². The molecular formula is C21H30N4O4. The van der Waals surface area contributed by atoms with E-state index in [0.717, 1.165) is 19.6 Å². The van der Waals surface area contributed by atoms with Crippen LogP contribution in [0.15, 0.2) is 33.9 Å². The number of nitrogens with one attached hydrogen (secondary N) is 1. The predicted octanol–water partition coefficient (Wildman–Crippen LogP) is 0.973. The molecule has 0 unspecified atom stereocenters. The van der Waals surface area contributed by atoms with Crippen molar-refractivity contribution < 1.29 is 9.53 Å². The molecule has 1 fully saturated rings. The molecule has 0 spiro atoms. The maximum absolute atomic E-state index is 13.1. The highest BCUT2D eigenvalue weighted by molar-refractivity contribution is 5.84. The van der Waals surface area contributed by atoms with Gasteiger partial charge in [-0.2, -0.15) is 0 Å². The molecule has 2 heterocycles. The Morgan fingerprint density at radius 3 is 2.55 bits per heavy atom. The summed E-state index contributed by atoms with van der Waals surface area (Å²) in [6.07, 6.45) is 1.12. The van der Waals surface area contributed by atoms with E-state index in [1.807, 2.05) is 13.8 Å². The van der Waals surface area contributed by atoms with Crippen LogP contribution in [-0.4, -0.2) is 59.3 Å². The number of rotatable bonds is 8. The van der Waals surface area contributed by atoms with Crippen LogP contribution < -0.4 is 16.6 Å². The monoisotopic (exact) mass is 402 g/mol. The highest BCUT2D eigenvalue weighted by Gasteiger charge is 2.24. The van der Waals surface area contributed by atoms with Crippen LogP contribution in [0.25, 0.3) is 10.9 Å². The summed E-state index contributed by atoms with van der Waals surface area (Å²) in [6, 6.07) is 6.34. The van der Waals surface area contributed by atoms with Crippen LogP contribution >= 0.6 is 0 Å². The minimum atomic E-state index is -0.666. The van der Waals surface area contributed by atoms with E-state index >= 15 is 0 Å². The zero-order chi connectivity index (χ0) is 20.8. The second kappa shape index (κ2) is 9.84. The van der Waals surface area contributed by atoms with Crippen LogP contribution in [0.3, 0.4) is 0 Å². The number of hydrogen-bond acceptors (Lipinski definition) is 5. The summed E-state index contributed by atoms with van der Waals surface area (Å²) >= 11 is 0. The minimum Gasteiger partial charge on any atom is -0.379 e. The molecule has 1 aliphatic rings. The molecule has 158 valence electrons. The van der Waals surface area contributed by atoms with E-state index in [-0.39, 0.29) is 11.5 Å². The molecule has 0 bridgehead atoms. The smallest absolute Gasteiger partial charge is 0.332 e. The van der Waals surface area contributed by atoms with Crippen molar-refractivity contribution >= 4 is 16.8 Å². The SMILES string of the molecule is CCCn1c(=O)c2ccccc2n([C@@H](CC)C(=O)NCCN2CCOCC2)c1=O. The van der Waals surface area contributed by atoms with Gasteiger partial charge in [-0.25, -0.2) is 4.79 Å². The number of hydrogen-bond donors (Lipinski definition) is 1. The van der Waals surface area contributed by atoms with Gasteiger partial charge in [-0.15, -0.1) is 0 Å². The molecule has 8 nitrogen and oxygen atoms in total. The van der Waals surface area contributed by atoms with Gasteiger partial charge in [-0.05, 0) is 25.0 Å². The molecule has 1 saturated heterocycles. The molecule has 29 heavy (non-hydrogen) atoms. The fourth-order valence-corrected chi connectivity index (χ4v) is 3.82. The molecule has 0 aliphatic carbocycles. The van der Waals surface area contributed by atoms with E-state index in [1.54, 1.807) is 24.3 Å². The molecular weight excluding hydrogens is 372 g/mol. The summed E-state index contributed by atoms with van der Waals surface area (Å²) in [7, 11) is 0. The van der Waals surface area contributed by atoms with Crippen molar-refractivity contribution in [2.45, 2.75) is 39.3 Å². The predicted molar refractivity (Wildman–Crippen MR) is 112 cm³/mol. The third kappa shape index (κ3) is 4.59. The molecule has 1 aromatic heterocycles. The Kier molecular flexibility index (Phi) is 7.22. The zero-order valence-electron chi connectivity index (χ0n) is 17.2. The Balaban J connectivity index is 1.88. The standard InChI is InChI=1S/C21H30N4O4/c1-3-10-24-20(27)16-7-5-6-8-18(16)25(21(24)28)17(4-2)19(26)22-9-11-23-12-14-29-15-13-23/h5-8,17H,3-4,9-15H2,1-2H3,(H,22,26)/t17-/m0/s1. The average molecular weight is 402 g/mol. The Morgan fingerprint density at radius 1 is 1.14 bits per heavy atom. The van der Waals surface area contributed by atoms with E-state index in [0.29, 0.717) is 50.0 Å². The van der Waals surface area contributed by atoms with Crippen molar-refractivity contribution in [2.24, 2.45) is 0 Å². The Morgan fingerprint density at radius 2 is 1.86 bits per heavy atom. The van der Waals surface area contributed by atoms with Crippen molar-refractivity contribution in [1.29, 1.82) is 0 Å². The summed E-state index contributed by atoms with van der Waals surface area (Å²) in [5.74, 6) is -0.199. The van der Waals surface area contributed by atoms with Crippen molar-refractivity contribution in [3.8, 4) is 0 Å². The van der Waals surface area contributed by atoms with E-state index < -0.39 is 11.7 Å². The van der Waals surface area contributed by atoms with Gasteiger partial charge in [0.05, 0.1) is 24.1 Å². The highest BCUT2D eigenvalue weighted by atomic mass is 16.5. The number of amides is 1. The van der Waals surface area contributed by atoms with Gasteiger partial charge in [0, 0.05) is 32.7 Å². The summed E-state index contributed by atoms with van der Waals surface area (Å²) in [5, 5.41) is 3.43. The first kappa shape index (κ1) is 21.3. The van der Waals surface area contributed by atoms with E-state index in [4.69, 9.17) is 4.74 Å². The van der Waals surface area contributed by atoms with Crippen molar-refractivity contribution in [3.05, 3.63) is 45.1 Å². The highest BCUT2D eigenvalue weighted by Crippen LogP contribution is 2.16. The summed E-state index contributed by atoms with van der Waals surface area (Å²) < 4.78 is 8.07. The van der Waals surface area contributed by atoms with Crippen molar-refractivity contribution in [1.82, 2.24) is 19.4 Å². The summed E-state index contributed by atoms with van der Waals surface area (Å²) in [5.41, 5.74) is -0.220. The maximum Gasteiger partial charge on any atom is 0.332 e. The number of morpholine rings is 1. The Hall–Kier alpha value is -2.45. The molecule has 8 heteroatoms. The van der Waals surface area contributed by atoms with Gasteiger partial charge in [0.25, 0.3) is 5.56 Å². The van der Waals surface area contributed by atoms with Gasteiger partial charge >= 0.3 is 5.69 Å². The van der Waals surface area contributed by atoms with Gasteiger partial charge < -0.3 is 10.1 Å². The van der Waals surface area contributed by atoms with Crippen molar-refractivity contribution in [3.63, 3.8) is 0 Å². The molecule has 1 atom stereocenters. The van der Waals surface area contributed by atoms with Crippen LogP contribution in [-0.2, 0) is 16.1 Å².